The zero-order chi connectivity index (χ0) is 13.2. The summed E-state index contributed by atoms with van der Waals surface area (Å²) in [7, 11) is 0. The van der Waals surface area contributed by atoms with E-state index in [1.165, 1.54) is 0 Å². The van der Waals surface area contributed by atoms with Crippen molar-refractivity contribution in [3.8, 4) is 0 Å². The van der Waals surface area contributed by atoms with Gasteiger partial charge < -0.3 is 10.3 Å². The number of halogens is 2. The van der Waals surface area contributed by atoms with Gasteiger partial charge in [0.2, 0.25) is 5.95 Å². The Morgan fingerprint density at radius 3 is 2.68 bits per heavy atom. The number of anilines is 1. The average Bonchev–Trinajstić information content (AvgIpc) is 2.83. The van der Waals surface area contributed by atoms with E-state index in [4.69, 9.17) is 23.2 Å². The zero-order valence-electron chi connectivity index (χ0n) is 9.95. The second-order valence-corrected chi connectivity index (χ2v) is 5.02. The number of H-pyrrole nitrogens is 1. The topological polar surface area (TPSA) is 40.7 Å². The standard InChI is InChI=1S/C14H11Cl2N3/c15-10-6-5-9(7-11(10)16)8-17-14-18-12-3-1-2-4-13(12)19-14/h1-7H,8H2,(H2,17,18,19). The van der Waals surface area contributed by atoms with Crippen molar-refractivity contribution in [2.75, 3.05) is 5.32 Å². The van der Waals surface area contributed by atoms with Gasteiger partial charge in [0, 0.05) is 6.54 Å². The summed E-state index contributed by atoms with van der Waals surface area (Å²) in [6, 6.07) is 13.5. The Hall–Kier alpha value is -1.71. The molecule has 1 aromatic heterocycles. The van der Waals surface area contributed by atoms with Crippen LogP contribution in [0.4, 0.5) is 5.95 Å². The summed E-state index contributed by atoms with van der Waals surface area (Å²) in [6.07, 6.45) is 0. The predicted octanol–water partition coefficient (Wildman–Crippen LogP) is 4.48. The zero-order valence-corrected chi connectivity index (χ0v) is 11.5. The van der Waals surface area contributed by atoms with Crippen molar-refractivity contribution in [2.24, 2.45) is 0 Å². The number of fused-ring (bicyclic) bond motifs is 1. The Morgan fingerprint density at radius 2 is 1.89 bits per heavy atom. The lowest BCUT2D eigenvalue weighted by Crippen LogP contribution is -2.00. The maximum absolute atomic E-state index is 5.98. The van der Waals surface area contributed by atoms with Crippen molar-refractivity contribution in [2.45, 2.75) is 6.54 Å². The highest BCUT2D eigenvalue weighted by molar-refractivity contribution is 6.42. The molecule has 0 saturated heterocycles. The molecular weight excluding hydrogens is 281 g/mol. The number of nitrogens with zero attached hydrogens (tertiary/aromatic N) is 1. The van der Waals surface area contributed by atoms with E-state index >= 15 is 0 Å². The summed E-state index contributed by atoms with van der Waals surface area (Å²) in [5.74, 6) is 0.743. The van der Waals surface area contributed by atoms with E-state index in [1.54, 1.807) is 6.07 Å². The average molecular weight is 292 g/mol. The van der Waals surface area contributed by atoms with Gasteiger partial charge in [-0.25, -0.2) is 4.98 Å². The van der Waals surface area contributed by atoms with Crippen molar-refractivity contribution < 1.29 is 0 Å². The van der Waals surface area contributed by atoms with Crippen LogP contribution in [0.1, 0.15) is 5.56 Å². The van der Waals surface area contributed by atoms with Gasteiger partial charge in [-0.15, -0.1) is 0 Å². The minimum atomic E-state index is 0.561. The van der Waals surface area contributed by atoms with Crippen LogP contribution in [0.25, 0.3) is 11.0 Å². The van der Waals surface area contributed by atoms with E-state index in [0.717, 1.165) is 22.5 Å². The molecule has 2 N–H and O–H groups in total. The maximum atomic E-state index is 5.98. The third kappa shape index (κ3) is 2.67. The summed E-state index contributed by atoms with van der Waals surface area (Å²) in [4.78, 5) is 7.65. The fraction of sp³-hybridized carbons (Fsp3) is 0.0714. The first kappa shape index (κ1) is 12.3. The summed E-state index contributed by atoms with van der Waals surface area (Å²) < 4.78 is 0. The number of rotatable bonds is 3. The van der Waals surface area contributed by atoms with E-state index in [0.29, 0.717) is 16.6 Å². The molecule has 19 heavy (non-hydrogen) atoms. The van der Waals surface area contributed by atoms with E-state index in [1.807, 2.05) is 36.4 Å². The molecule has 0 spiro atoms. The highest BCUT2D eigenvalue weighted by Gasteiger charge is 2.03. The Morgan fingerprint density at radius 1 is 1.05 bits per heavy atom. The Bertz CT molecular complexity index is 689. The molecule has 3 rings (SSSR count). The molecule has 0 fully saturated rings. The van der Waals surface area contributed by atoms with Gasteiger partial charge in [-0.05, 0) is 29.8 Å². The van der Waals surface area contributed by atoms with Gasteiger partial charge in [0.15, 0.2) is 0 Å². The second-order valence-electron chi connectivity index (χ2n) is 4.20. The van der Waals surface area contributed by atoms with Gasteiger partial charge in [0.25, 0.3) is 0 Å². The molecule has 0 amide bonds. The highest BCUT2D eigenvalue weighted by Crippen LogP contribution is 2.23. The van der Waals surface area contributed by atoms with Crippen LogP contribution in [0.2, 0.25) is 10.0 Å². The molecule has 0 bridgehead atoms. The largest absolute Gasteiger partial charge is 0.352 e. The number of imidazole rings is 1. The fourth-order valence-corrected chi connectivity index (χ4v) is 2.19. The van der Waals surface area contributed by atoms with Crippen molar-refractivity contribution >= 4 is 40.2 Å². The number of hydrogen-bond acceptors (Lipinski definition) is 2. The van der Waals surface area contributed by atoms with Gasteiger partial charge in [-0.2, -0.15) is 0 Å². The first-order chi connectivity index (χ1) is 9.22. The molecule has 0 atom stereocenters. The normalized spacial score (nSPS) is 10.8. The molecule has 0 aliphatic rings. The quantitative estimate of drug-likeness (QED) is 0.747. The van der Waals surface area contributed by atoms with E-state index in [2.05, 4.69) is 15.3 Å². The number of benzene rings is 2. The van der Waals surface area contributed by atoms with Crippen LogP contribution in [-0.2, 0) is 6.54 Å². The van der Waals surface area contributed by atoms with Gasteiger partial charge >= 0.3 is 0 Å². The molecule has 0 saturated carbocycles. The highest BCUT2D eigenvalue weighted by atomic mass is 35.5. The monoisotopic (exact) mass is 291 g/mol. The van der Waals surface area contributed by atoms with Crippen LogP contribution in [0.15, 0.2) is 42.5 Å². The molecule has 0 aliphatic carbocycles. The summed E-state index contributed by atoms with van der Waals surface area (Å²) in [5.41, 5.74) is 3.01. The molecule has 3 nitrogen and oxygen atoms in total. The molecule has 0 unspecified atom stereocenters. The minimum Gasteiger partial charge on any atom is -0.352 e. The van der Waals surface area contributed by atoms with E-state index in [-0.39, 0.29) is 0 Å². The smallest absolute Gasteiger partial charge is 0.201 e. The summed E-state index contributed by atoms with van der Waals surface area (Å²) >= 11 is 11.9. The summed E-state index contributed by atoms with van der Waals surface area (Å²) in [5, 5.41) is 4.35. The Kier molecular flexibility index (Phi) is 3.32. The first-order valence-corrected chi connectivity index (χ1v) is 6.60. The van der Waals surface area contributed by atoms with Gasteiger partial charge in [-0.1, -0.05) is 41.4 Å². The maximum Gasteiger partial charge on any atom is 0.201 e. The molecule has 96 valence electrons. The molecule has 0 aliphatic heterocycles. The van der Waals surface area contributed by atoms with Crippen molar-refractivity contribution in [1.29, 1.82) is 0 Å². The predicted molar refractivity (Wildman–Crippen MR) is 79.9 cm³/mol. The van der Waals surface area contributed by atoms with Crippen LogP contribution in [0, 0.1) is 0 Å². The van der Waals surface area contributed by atoms with Crippen molar-refractivity contribution in [3.63, 3.8) is 0 Å². The molecule has 2 aromatic carbocycles. The van der Waals surface area contributed by atoms with Crippen molar-refractivity contribution in [1.82, 2.24) is 9.97 Å². The molecular formula is C14H11Cl2N3. The van der Waals surface area contributed by atoms with Crippen LogP contribution in [0.3, 0.4) is 0 Å². The van der Waals surface area contributed by atoms with E-state index < -0.39 is 0 Å². The van der Waals surface area contributed by atoms with Gasteiger partial charge in [-0.3, -0.25) is 0 Å². The molecule has 1 heterocycles. The molecule has 5 heteroatoms. The van der Waals surface area contributed by atoms with Gasteiger partial charge in [0.05, 0.1) is 21.1 Å². The first-order valence-electron chi connectivity index (χ1n) is 5.85. The Balaban J connectivity index is 1.76. The number of aromatic amines is 1. The van der Waals surface area contributed by atoms with E-state index in [9.17, 15) is 0 Å². The second kappa shape index (κ2) is 5.11. The van der Waals surface area contributed by atoms with Crippen LogP contribution in [0.5, 0.6) is 0 Å². The fourth-order valence-electron chi connectivity index (χ4n) is 1.87. The number of aromatic nitrogens is 2. The van der Waals surface area contributed by atoms with Crippen LogP contribution in [-0.4, -0.2) is 9.97 Å². The third-order valence-electron chi connectivity index (χ3n) is 2.83. The Labute approximate surface area is 120 Å². The number of hydrogen-bond donors (Lipinski definition) is 2. The van der Waals surface area contributed by atoms with Crippen LogP contribution < -0.4 is 5.32 Å². The SMILES string of the molecule is Clc1ccc(CNc2nc3ccccc3[nH]2)cc1Cl. The van der Waals surface area contributed by atoms with Crippen LogP contribution >= 0.6 is 23.2 Å². The lowest BCUT2D eigenvalue weighted by atomic mass is 10.2. The third-order valence-corrected chi connectivity index (χ3v) is 3.57. The van der Waals surface area contributed by atoms with Crippen molar-refractivity contribution in [3.05, 3.63) is 58.1 Å². The minimum absolute atomic E-state index is 0.561. The number of para-hydroxylation sites is 2. The number of nitrogens with one attached hydrogen (secondary N) is 2. The summed E-state index contributed by atoms with van der Waals surface area (Å²) in [6.45, 7) is 0.636. The molecule has 3 aromatic rings. The molecule has 0 radical (unpaired) electrons. The lowest BCUT2D eigenvalue weighted by Gasteiger charge is -2.04. The lowest BCUT2D eigenvalue weighted by molar-refractivity contribution is 1.10. The van der Waals surface area contributed by atoms with Gasteiger partial charge in [0.1, 0.15) is 0 Å².